The third-order valence-corrected chi connectivity index (χ3v) is 8.25. The molecular weight excluding hydrogens is 372 g/mol. The van der Waals surface area contributed by atoms with Gasteiger partial charge in [0.15, 0.2) is 0 Å². The Morgan fingerprint density at radius 3 is 1.90 bits per heavy atom. The summed E-state index contributed by atoms with van der Waals surface area (Å²) in [5, 5.41) is 0. The minimum absolute atomic E-state index is 0.877. The van der Waals surface area contributed by atoms with Crippen LogP contribution in [-0.2, 0) is 0 Å². The van der Waals surface area contributed by atoms with Crippen LogP contribution in [-0.4, -0.2) is 0 Å². The zero-order valence-electron chi connectivity index (χ0n) is 23.2. The van der Waals surface area contributed by atoms with E-state index in [2.05, 4.69) is 67.5 Å². The lowest BCUT2D eigenvalue weighted by Crippen LogP contribution is -2.17. The van der Waals surface area contributed by atoms with Crippen LogP contribution in [0.3, 0.4) is 0 Å². The second kappa shape index (κ2) is 20.4. The number of hydrogen-bond acceptors (Lipinski definition) is 0. The first kappa shape index (κ1) is 30.7. The molecule has 0 aliphatic heterocycles. The monoisotopic (exact) mass is 434 g/mol. The molecule has 0 aliphatic rings. The molecule has 31 heavy (non-hydrogen) atoms. The molecule has 0 heterocycles. The van der Waals surface area contributed by atoms with E-state index in [0.29, 0.717) is 0 Å². The zero-order valence-corrected chi connectivity index (χ0v) is 23.2. The van der Waals surface area contributed by atoms with Crippen LogP contribution in [0.15, 0.2) is 12.2 Å². The van der Waals surface area contributed by atoms with Gasteiger partial charge in [0.2, 0.25) is 0 Å². The number of allylic oxidation sites excluding steroid dienone is 2. The first-order valence-electron chi connectivity index (χ1n) is 14.5. The lowest BCUT2D eigenvalue weighted by molar-refractivity contribution is 0.233. The van der Waals surface area contributed by atoms with Gasteiger partial charge < -0.3 is 0 Å². The standard InChI is InChI=1S/C31H62/c1-9-12-14-16-21-29(7)31(22-17-15-13-10-2)24-23-28(6)30(8)25-27(5)20-18-19-26(4)11-3/h12,14,26-31H,9-11,13,15-25H2,1-8H3. The van der Waals surface area contributed by atoms with Crippen molar-refractivity contribution in [3.63, 3.8) is 0 Å². The predicted octanol–water partition coefficient (Wildman–Crippen LogP) is 11.3. The van der Waals surface area contributed by atoms with E-state index >= 15 is 0 Å². The molecule has 0 aromatic rings. The highest BCUT2D eigenvalue weighted by Crippen LogP contribution is 2.33. The topological polar surface area (TPSA) is 0 Å². The van der Waals surface area contributed by atoms with Gasteiger partial charge in [0.05, 0.1) is 0 Å². The van der Waals surface area contributed by atoms with Crippen molar-refractivity contribution in [1.29, 1.82) is 0 Å². The molecule has 0 aromatic carbocycles. The Morgan fingerprint density at radius 1 is 0.548 bits per heavy atom. The number of rotatable bonds is 21. The van der Waals surface area contributed by atoms with E-state index in [1.54, 1.807) is 0 Å². The summed E-state index contributed by atoms with van der Waals surface area (Å²) in [6, 6.07) is 0. The van der Waals surface area contributed by atoms with Crippen molar-refractivity contribution in [2.45, 2.75) is 152 Å². The molecule has 0 aromatic heterocycles. The highest BCUT2D eigenvalue weighted by atomic mass is 14.3. The van der Waals surface area contributed by atoms with Crippen LogP contribution >= 0.6 is 0 Å². The van der Waals surface area contributed by atoms with Gasteiger partial charge in [-0.2, -0.15) is 0 Å². The SMILES string of the molecule is CCC=CCCC(C)C(CCCCCC)CCC(C)C(C)CC(C)CCCC(C)CC. The van der Waals surface area contributed by atoms with Crippen LogP contribution < -0.4 is 0 Å². The highest BCUT2D eigenvalue weighted by molar-refractivity contribution is 4.82. The summed E-state index contributed by atoms with van der Waals surface area (Å²) in [4.78, 5) is 0. The van der Waals surface area contributed by atoms with Crippen LogP contribution in [0.1, 0.15) is 152 Å². The van der Waals surface area contributed by atoms with Crippen molar-refractivity contribution in [1.82, 2.24) is 0 Å². The van der Waals surface area contributed by atoms with Crippen molar-refractivity contribution >= 4 is 0 Å². The maximum atomic E-state index is 2.54. The molecule has 0 aliphatic carbocycles. The Kier molecular flexibility index (Phi) is 20.2. The summed E-state index contributed by atoms with van der Waals surface area (Å²) in [5.41, 5.74) is 0. The fraction of sp³-hybridized carbons (Fsp3) is 0.935. The Balaban J connectivity index is 4.44. The largest absolute Gasteiger partial charge is 0.0888 e. The van der Waals surface area contributed by atoms with Crippen molar-refractivity contribution in [3.8, 4) is 0 Å². The summed E-state index contributed by atoms with van der Waals surface area (Å²) >= 11 is 0. The summed E-state index contributed by atoms with van der Waals surface area (Å²) < 4.78 is 0. The van der Waals surface area contributed by atoms with Crippen LogP contribution in [0, 0.1) is 35.5 Å². The Bertz CT molecular complexity index is 395. The predicted molar refractivity (Wildman–Crippen MR) is 145 cm³/mol. The van der Waals surface area contributed by atoms with Crippen LogP contribution in [0.25, 0.3) is 0 Å². The quantitative estimate of drug-likeness (QED) is 0.124. The van der Waals surface area contributed by atoms with Gasteiger partial charge in [-0.1, -0.05) is 132 Å². The third kappa shape index (κ3) is 17.0. The van der Waals surface area contributed by atoms with Crippen molar-refractivity contribution in [3.05, 3.63) is 12.2 Å². The minimum Gasteiger partial charge on any atom is -0.0888 e. The van der Waals surface area contributed by atoms with Gasteiger partial charge in [-0.15, -0.1) is 0 Å². The van der Waals surface area contributed by atoms with Gasteiger partial charge >= 0.3 is 0 Å². The van der Waals surface area contributed by atoms with Crippen molar-refractivity contribution in [2.24, 2.45) is 35.5 Å². The molecule has 6 atom stereocenters. The van der Waals surface area contributed by atoms with Gasteiger partial charge in [0.1, 0.15) is 0 Å². The van der Waals surface area contributed by atoms with E-state index in [1.807, 2.05) is 0 Å². The fourth-order valence-electron chi connectivity index (χ4n) is 5.19. The molecule has 0 amide bonds. The maximum Gasteiger partial charge on any atom is -0.0348 e. The second-order valence-electron chi connectivity index (χ2n) is 11.4. The average molecular weight is 435 g/mol. The molecule has 0 fully saturated rings. The minimum atomic E-state index is 0.877. The number of hydrogen-bond donors (Lipinski definition) is 0. The fourth-order valence-corrected chi connectivity index (χ4v) is 5.19. The summed E-state index contributed by atoms with van der Waals surface area (Å²) in [6.07, 6.45) is 25.7. The normalized spacial score (nSPS) is 18.1. The first-order valence-corrected chi connectivity index (χ1v) is 14.5. The van der Waals surface area contributed by atoms with Crippen molar-refractivity contribution in [2.75, 3.05) is 0 Å². The molecule has 0 rings (SSSR count). The summed E-state index contributed by atoms with van der Waals surface area (Å²) in [7, 11) is 0. The molecule has 0 bridgehead atoms. The van der Waals surface area contributed by atoms with Gasteiger partial charge in [0.25, 0.3) is 0 Å². The van der Waals surface area contributed by atoms with Gasteiger partial charge in [-0.3, -0.25) is 0 Å². The van der Waals surface area contributed by atoms with E-state index in [4.69, 9.17) is 0 Å². The molecule has 0 N–H and O–H groups in total. The highest BCUT2D eigenvalue weighted by Gasteiger charge is 2.21. The molecular formula is C31H62. The van der Waals surface area contributed by atoms with Gasteiger partial charge in [-0.05, 0) is 67.6 Å². The summed E-state index contributed by atoms with van der Waals surface area (Å²) in [5.74, 6) is 5.39. The summed E-state index contributed by atoms with van der Waals surface area (Å²) in [6.45, 7) is 19.4. The van der Waals surface area contributed by atoms with Crippen LogP contribution in [0.2, 0.25) is 0 Å². The lowest BCUT2D eigenvalue weighted by Gasteiger charge is -2.28. The van der Waals surface area contributed by atoms with Crippen LogP contribution in [0.4, 0.5) is 0 Å². The van der Waals surface area contributed by atoms with E-state index < -0.39 is 0 Å². The molecule has 0 spiro atoms. The van der Waals surface area contributed by atoms with Gasteiger partial charge in [-0.25, -0.2) is 0 Å². The molecule has 0 saturated carbocycles. The molecule has 6 unspecified atom stereocenters. The first-order chi connectivity index (χ1) is 14.8. The smallest absolute Gasteiger partial charge is 0.0348 e. The van der Waals surface area contributed by atoms with Crippen molar-refractivity contribution < 1.29 is 0 Å². The van der Waals surface area contributed by atoms with E-state index in [9.17, 15) is 0 Å². The van der Waals surface area contributed by atoms with Gasteiger partial charge in [0, 0.05) is 0 Å². The Hall–Kier alpha value is -0.260. The number of unbranched alkanes of at least 4 members (excludes halogenated alkanes) is 3. The Labute approximate surface area is 199 Å². The molecule has 0 radical (unpaired) electrons. The lowest BCUT2D eigenvalue weighted by atomic mass is 9.78. The zero-order chi connectivity index (χ0) is 23.5. The second-order valence-corrected chi connectivity index (χ2v) is 11.4. The third-order valence-electron chi connectivity index (χ3n) is 8.25. The van der Waals surface area contributed by atoms with E-state index in [0.717, 1.165) is 35.5 Å². The molecule has 186 valence electrons. The Morgan fingerprint density at radius 2 is 1.26 bits per heavy atom. The van der Waals surface area contributed by atoms with Crippen LogP contribution in [0.5, 0.6) is 0 Å². The molecule has 0 nitrogen and oxygen atoms in total. The molecule has 0 saturated heterocycles. The average Bonchev–Trinajstić information content (AvgIpc) is 2.75. The van der Waals surface area contributed by atoms with E-state index in [-0.39, 0.29) is 0 Å². The molecule has 0 heteroatoms. The van der Waals surface area contributed by atoms with E-state index in [1.165, 1.54) is 96.3 Å². The maximum absolute atomic E-state index is 2.54.